The van der Waals surface area contributed by atoms with Gasteiger partial charge in [0.1, 0.15) is 6.04 Å². The molecule has 0 saturated carbocycles. The van der Waals surface area contributed by atoms with Crippen molar-refractivity contribution in [1.29, 1.82) is 0 Å². The predicted octanol–water partition coefficient (Wildman–Crippen LogP) is 6.96. The van der Waals surface area contributed by atoms with Crippen LogP contribution in [0.15, 0.2) is 66.7 Å². The topological polar surface area (TPSA) is 78.1 Å². The van der Waals surface area contributed by atoms with Crippen molar-refractivity contribution in [3.63, 3.8) is 0 Å². The van der Waals surface area contributed by atoms with Crippen molar-refractivity contribution < 1.29 is 35.9 Å². The third-order valence-corrected chi connectivity index (χ3v) is 6.71. The van der Waals surface area contributed by atoms with Gasteiger partial charge in [-0.15, -0.1) is 0 Å². The van der Waals surface area contributed by atoms with E-state index in [-0.39, 0.29) is 22.3 Å². The Morgan fingerprint density at radius 3 is 2.00 bits per heavy atom. The van der Waals surface area contributed by atoms with E-state index in [9.17, 15) is 35.9 Å². The number of hydrogen-bond acceptors (Lipinski definition) is 3. The molecule has 1 heterocycles. The Labute approximate surface area is 237 Å². The largest absolute Gasteiger partial charge is 0.416 e. The van der Waals surface area contributed by atoms with Crippen LogP contribution in [0.3, 0.4) is 0 Å². The number of hydrogen-bond donors (Lipinski definition) is 2. The highest BCUT2D eigenvalue weighted by Gasteiger charge is 2.33. The Kier molecular flexibility index (Phi) is 8.20. The van der Waals surface area contributed by atoms with E-state index in [4.69, 9.17) is 0 Å². The van der Waals surface area contributed by atoms with Gasteiger partial charge in [-0.05, 0) is 66.4 Å². The summed E-state index contributed by atoms with van der Waals surface area (Å²) in [5, 5.41) is 9.57. The summed E-state index contributed by atoms with van der Waals surface area (Å²) in [4.78, 5) is 28.1. The van der Waals surface area contributed by atoms with E-state index >= 15 is 0 Å². The highest BCUT2D eigenvalue weighted by molar-refractivity contribution is 6.04. The molecule has 12 heteroatoms. The molecule has 0 spiro atoms. The van der Waals surface area contributed by atoms with Crippen molar-refractivity contribution >= 4 is 11.8 Å². The molecule has 4 aromatic rings. The summed E-state index contributed by atoms with van der Waals surface area (Å²) in [5.41, 5.74) is 1.16. The standard InChI is InChI=1S/C30H26F6N4O2/c1-16-25(17(2)39-38-16)19-10-13-23(18-8-11-21(12-9-18)29(31,32)33)24(15-19)27(41)37-26(28(42)40(3)4)20-6-5-7-22(14-20)30(34,35)36/h5-15,26H,1-4H3,(H,37,41)(H,38,39)/t26-/m0/s1. The number of rotatable bonds is 6. The molecule has 2 N–H and O–H groups in total. The summed E-state index contributed by atoms with van der Waals surface area (Å²) in [5.74, 6) is -1.50. The van der Waals surface area contributed by atoms with Crippen molar-refractivity contribution in [3.05, 3.63) is 100 Å². The van der Waals surface area contributed by atoms with Crippen LogP contribution >= 0.6 is 0 Å². The molecule has 3 aromatic carbocycles. The third-order valence-electron chi connectivity index (χ3n) is 6.71. The Morgan fingerprint density at radius 2 is 1.45 bits per heavy atom. The van der Waals surface area contributed by atoms with Crippen LogP contribution in [0, 0.1) is 13.8 Å². The van der Waals surface area contributed by atoms with Crippen molar-refractivity contribution in [1.82, 2.24) is 20.4 Å². The first kappa shape index (κ1) is 30.4. The van der Waals surface area contributed by atoms with Crippen molar-refractivity contribution in [3.8, 4) is 22.3 Å². The zero-order valence-corrected chi connectivity index (χ0v) is 22.9. The average molecular weight is 589 g/mol. The molecule has 42 heavy (non-hydrogen) atoms. The number of benzene rings is 3. The first-order chi connectivity index (χ1) is 19.6. The highest BCUT2D eigenvalue weighted by atomic mass is 19.4. The minimum absolute atomic E-state index is 0.00390. The normalized spacial score (nSPS) is 12.6. The average Bonchev–Trinajstić information content (AvgIpc) is 3.27. The van der Waals surface area contributed by atoms with Gasteiger partial charge in [0.15, 0.2) is 0 Å². The number of carbonyl (C=O) groups excluding carboxylic acids is 2. The van der Waals surface area contributed by atoms with Gasteiger partial charge in [-0.1, -0.05) is 36.4 Å². The maximum Gasteiger partial charge on any atom is 0.416 e. The quantitative estimate of drug-likeness (QED) is 0.239. The maximum atomic E-state index is 13.8. The first-order valence-electron chi connectivity index (χ1n) is 12.6. The van der Waals surface area contributed by atoms with E-state index in [2.05, 4.69) is 15.5 Å². The fraction of sp³-hybridized carbons (Fsp3) is 0.233. The minimum Gasteiger partial charge on any atom is -0.347 e. The fourth-order valence-electron chi connectivity index (χ4n) is 4.60. The zero-order valence-electron chi connectivity index (χ0n) is 22.9. The number of halogens is 6. The predicted molar refractivity (Wildman–Crippen MR) is 144 cm³/mol. The van der Waals surface area contributed by atoms with Crippen molar-refractivity contribution in [2.45, 2.75) is 32.2 Å². The van der Waals surface area contributed by atoms with Crippen LogP contribution in [-0.4, -0.2) is 41.0 Å². The van der Waals surface area contributed by atoms with Gasteiger partial charge in [0.25, 0.3) is 5.91 Å². The van der Waals surface area contributed by atoms with Crippen LogP contribution < -0.4 is 5.32 Å². The van der Waals surface area contributed by atoms with Crippen LogP contribution in [0.25, 0.3) is 22.3 Å². The van der Waals surface area contributed by atoms with E-state index < -0.39 is 41.3 Å². The molecule has 0 radical (unpaired) electrons. The van der Waals surface area contributed by atoms with Gasteiger partial charge in [-0.25, -0.2) is 0 Å². The molecule has 0 fully saturated rings. The van der Waals surface area contributed by atoms with E-state index in [1.54, 1.807) is 26.0 Å². The molecule has 220 valence electrons. The first-order valence-corrected chi connectivity index (χ1v) is 12.6. The molecule has 1 aromatic heterocycles. The van der Waals surface area contributed by atoms with Crippen LogP contribution in [0.5, 0.6) is 0 Å². The van der Waals surface area contributed by atoms with Crippen LogP contribution in [0.1, 0.15) is 44.5 Å². The van der Waals surface area contributed by atoms with Gasteiger partial charge in [0.05, 0.1) is 16.8 Å². The number of H-pyrrole nitrogens is 1. The van der Waals surface area contributed by atoms with Gasteiger partial charge >= 0.3 is 12.4 Å². The van der Waals surface area contributed by atoms with Gasteiger partial charge in [-0.2, -0.15) is 31.4 Å². The number of likely N-dealkylation sites (N-methyl/N-ethyl adjacent to an activating group) is 1. The molecule has 2 amide bonds. The van der Waals surface area contributed by atoms with Crippen LogP contribution in [0.4, 0.5) is 26.3 Å². The SMILES string of the molecule is Cc1n[nH]c(C)c1-c1ccc(-c2ccc(C(F)(F)F)cc2)c(C(=O)N[C@H](C(=O)N(C)C)c2cccc(C(F)(F)F)c2)c1. The second-order valence-electron chi connectivity index (χ2n) is 9.91. The van der Waals surface area contributed by atoms with Crippen LogP contribution in [-0.2, 0) is 17.1 Å². The number of amides is 2. The van der Waals surface area contributed by atoms with E-state index in [1.807, 2.05) is 0 Å². The Bertz CT molecular complexity index is 1600. The molecular weight excluding hydrogens is 562 g/mol. The Balaban J connectivity index is 1.84. The summed E-state index contributed by atoms with van der Waals surface area (Å²) < 4.78 is 79.9. The van der Waals surface area contributed by atoms with Gasteiger partial charge in [0, 0.05) is 30.9 Å². The number of carbonyl (C=O) groups is 2. The van der Waals surface area contributed by atoms with Gasteiger partial charge < -0.3 is 10.2 Å². The molecule has 0 saturated heterocycles. The number of aryl methyl sites for hydroxylation is 2. The van der Waals surface area contributed by atoms with Crippen molar-refractivity contribution in [2.75, 3.05) is 14.1 Å². The summed E-state index contributed by atoms with van der Waals surface area (Å²) in [6.45, 7) is 3.53. The summed E-state index contributed by atoms with van der Waals surface area (Å²) in [7, 11) is 2.79. The monoisotopic (exact) mass is 588 g/mol. The molecule has 0 bridgehead atoms. The fourth-order valence-corrected chi connectivity index (χ4v) is 4.60. The third kappa shape index (κ3) is 6.32. The summed E-state index contributed by atoms with van der Waals surface area (Å²) in [6, 6.07) is 11.6. The number of aromatic amines is 1. The highest BCUT2D eigenvalue weighted by Crippen LogP contribution is 2.35. The second-order valence-corrected chi connectivity index (χ2v) is 9.91. The Hall–Kier alpha value is -4.61. The number of alkyl halides is 6. The Morgan fingerprint density at radius 1 is 0.833 bits per heavy atom. The molecule has 6 nitrogen and oxygen atoms in total. The van der Waals surface area contributed by atoms with Crippen LogP contribution in [0.2, 0.25) is 0 Å². The molecule has 0 aliphatic heterocycles. The number of aromatic nitrogens is 2. The number of nitrogens with one attached hydrogen (secondary N) is 2. The molecule has 0 unspecified atom stereocenters. The zero-order chi connectivity index (χ0) is 31.0. The van der Waals surface area contributed by atoms with E-state index in [1.165, 1.54) is 38.4 Å². The molecule has 0 aliphatic carbocycles. The lowest BCUT2D eigenvalue weighted by Gasteiger charge is -2.24. The van der Waals surface area contributed by atoms with Crippen molar-refractivity contribution in [2.24, 2.45) is 0 Å². The van der Waals surface area contributed by atoms with E-state index in [0.717, 1.165) is 35.2 Å². The molecule has 0 aliphatic rings. The molecule has 4 rings (SSSR count). The van der Waals surface area contributed by atoms with Gasteiger partial charge in [-0.3, -0.25) is 14.7 Å². The number of nitrogens with zero attached hydrogens (tertiary/aromatic N) is 2. The van der Waals surface area contributed by atoms with E-state index in [0.29, 0.717) is 22.5 Å². The lowest BCUT2D eigenvalue weighted by Crippen LogP contribution is -2.40. The van der Waals surface area contributed by atoms with Gasteiger partial charge in [0.2, 0.25) is 5.91 Å². The molecule has 1 atom stereocenters. The lowest BCUT2D eigenvalue weighted by atomic mass is 9.93. The second kappa shape index (κ2) is 11.3. The maximum absolute atomic E-state index is 13.8. The summed E-state index contributed by atoms with van der Waals surface area (Å²) >= 11 is 0. The molecular formula is C30H26F6N4O2. The minimum atomic E-state index is -4.68. The smallest absolute Gasteiger partial charge is 0.347 e. The lowest BCUT2D eigenvalue weighted by molar-refractivity contribution is -0.138. The summed E-state index contributed by atoms with van der Waals surface area (Å²) in [6.07, 6.45) is -9.25.